The Labute approximate surface area is 59.7 Å². The Hall–Kier alpha value is -1.17. The van der Waals surface area contributed by atoms with E-state index in [1.54, 1.807) is 6.07 Å². The third-order valence-corrected chi connectivity index (χ3v) is 0.947. The fourth-order valence-electron chi connectivity index (χ4n) is 0.501. The van der Waals surface area contributed by atoms with Crippen LogP contribution in [0.4, 0.5) is 4.39 Å². The molecule has 0 aromatic heterocycles. The van der Waals surface area contributed by atoms with E-state index in [4.69, 9.17) is 5.26 Å². The second-order valence-electron chi connectivity index (χ2n) is 1.65. The van der Waals surface area contributed by atoms with E-state index in [1.165, 1.54) is 13.1 Å². The van der Waals surface area contributed by atoms with Gasteiger partial charge in [0.2, 0.25) is 5.97 Å². The van der Waals surface area contributed by atoms with Crippen LogP contribution in [0.1, 0.15) is 13.3 Å². The van der Waals surface area contributed by atoms with Crippen molar-refractivity contribution in [3.05, 3.63) is 11.6 Å². The number of halogens is 1. The summed E-state index contributed by atoms with van der Waals surface area (Å²) in [5.74, 6) is -0.690. The Morgan fingerprint density at radius 2 is 2.40 bits per heavy atom. The molecule has 0 heterocycles. The monoisotopic (exact) mass is 140 g/mol. The number of aliphatic imine (C=N–C) groups is 1. The molecule has 0 fully saturated rings. The van der Waals surface area contributed by atoms with Gasteiger partial charge in [-0.25, -0.2) is 0 Å². The molecule has 0 rings (SSSR count). The van der Waals surface area contributed by atoms with Crippen molar-refractivity contribution in [3.63, 3.8) is 0 Å². The first kappa shape index (κ1) is 8.83. The van der Waals surface area contributed by atoms with Crippen LogP contribution >= 0.6 is 0 Å². The van der Waals surface area contributed by atoms with E-state index >= 15 is 0 Å². The van der Waals surface area contributed by atoms with Gasteiger partial charge in [-0.1, -0.05) is 13.0 Å². The minimum Gasteiger partial charge on any atom is -0.260 e. The van der Waals surface area contributed by atoms with Crippen molar-refractivity contribution in [2.24, 2.45) is 4.99 Å². The Kier molecular flexibility index (Phi) is 4.14. The van der Waals surface area contributed by atoms with Gasteiger partial charge in [0.05, 0.1) is 0 Å². The van der Waals surface area contributed by atoms with Crippen molar-refractivity contribution in [3.8, 4) is 6.07 Å². The predicted molar refractivity (Wildman–Crippen MR) is 38.5 cm³/mol. The molecule has 10 heavy (non-hydrogen) atoms. The zero-order chi connectivity index (χ0) is 7.98. The molecule has 0 atom stereocenters. The highest BCUT2D eigenvalue weighted by Gasteiger charge is 2.00. The Bertz CT molecular complexity index is 198. The standard InChI is InChI=1S/C7H9FN2/c1-3-4-6(5-9)7(8)10-2/h4H,3H2,1-2H3/b6-4-,10-7?. The van der Waals surface area contributed by atoms with Crippen LogP contribution in [0.5, 0.6) is 0 Å². The molecular weight excluding hydrogens is 131 g/mol. The molecule has 0 saturated heterocycles. The molecule has 2 nitrogen and oxygen atoms in total. The van der Waals surface area contributed by atoms with Crippen molar-refractivity contribution < 1.29 is 4.39 Å². The van der Waals surface area contributed by atoms with Gasteiger partial charge in [-0.05, 0) is 6.42 Å². The molecule has 0 aliphatic rings. The number of nitriles is 1. The van der Waals surface area contributed by atoms with Crippen molar-refractivity contribution >= 4 is 5.97 Å². The van der Waals surface area contributed by atoms with Gasteiger partial charge >= 0.3 is 0 Å². The summed E-state index contributed by atoms with van der Waals surface area (Å²) in [6, 6.07) is 1.71. The lowest BCUT2D eigenvalue weighted by atomic mass is 10.2. The molecule has 0 unspecified atom stereocenters. The van der Waals surface area contributed by atoms with E-state index in [1.807, 2.05) is 6.92 Å². The van der Waals surface area contributed by atoms with Crippen molar-refractivity contribution in [1.82, 2.24) is 0 Å². The molecular formula is C7H9FN2. The maximum absolute atomic E-state index is 12.4. The van der Waals surface area contributed by atoms with Gasteiger partial charge in [-0.3, -0.25) is 4.99 Å². The topological polar surface area (TPSA) is 36.1 Å². The lowest BCUT2D eigenvalue weighted by molar-refractivity contribution is 0.803. The first-order valence-corrected chi connectivity index (χ1v) is 2.99. The highest BCUT2D eigenvalue weighted by molar-refractivity contribution is 5.96. The van der Waals surface area contributed by atoms with Crippen LogP contribution < -0.4 is 0 Å². The molecule has 54 valence electrons. The van der Waals surface area contributed by atoms with Crippen LogP contribution in [0.2, 0.25) is 0 Å². The number of hydrogen-bond donors (Lipinski definition) is 0. The maximum Gasteiger partial charge on any atom is 0.225 e. The number of rotatable bonds is 2. The fourth-order valence-corrected chi connectivity index (χ4v) is 0.501. The van der Waals surface area contributed by atoms with Crippen LogP contribution in [-0.2, 0) is 0 Å². The SMILES string of the molecule is CC/C=C(/C#N)C(F)=NC. The van der Waals surface area contributed by atoms with Gasteiger partial charge in [0, 0.05) is 7.05 Å². The van der Waals surface area contributed by atoms with Crippen molar-refractivity contribution in [2.75, 3.05) is 7.05 Å². The van der Waals surface area contributed by atoms with E-state index in [2.05, 4.69) is 4.99 Å². The van der Waals surface area contributed by atoms with Crippen LogP contribution in [0.25, 0.3) is 0 Å². The minimum atomic E-state index is -0.690. The molecule has 0 amide bonds. The predicted octanol–water partition coefficient (Wildman–Crippen LogP) is 1.84. The van der Waals surface area contributed by atoms with Gasteiger partial charge < -0.3 is 0 Å². The first-order chi connectivity index (χ1) is 4.76. The van der Waals surface area contributed by atoms with Crippen LogP contribution in [0, 0.1) is 11.3 Å². The zero-order valence-electron chi connectivity index (χ0n) is 6.06. The van der Waals surface area contributed by atoms with E-state index in [-0.39, 0.29) is 5.57 Å². The van der Waals surface area contributed by atoms with Crippen LogP contribution in [0.3, 0.4) is 0 Å². The molecule has 0 saturated carbocycles. The van der Waals surface area contributed by atoms with Crippen molar-refractivity contribution in [1.29, 1.82) is 5.26 Å². The van der Waals surface area contributed by atoms with Gasteiger partial charge in [-0.15, -0.1) is 0 Å². The van der Waals surface area contributed by atoms with Crippen LogP contribution in [0.15, 0.2) is 16.6 Å². The summed E-state index contributed by atoms with van der Waals surface area (Å²) in [6.45, 7) is 1.83. The maximum atomic E-state index is 12.4. The summed E-state index contributed by atoms with van der Waals surface area (Å²) in [7, 11) is 1.32. The fraction of sp³-hybridized carbons (Fsp3) is 0.429. The third-order valence-electron chi connectivity index (χ3n) is 0.947. The minimum absolute atomic E-state index is 0.0185. The first-order valence-electron chi connectivity index (χ1n) is 2.99. The summed E-state index contributed by atoms with van der Waals surface area (Å²) in [5.41, 5.74) is 0.0185. The molecule has 0 aromatic carbocycles. The number of allylic oxidation sites excluding steroid dienone is 2. The number of hydrogen-bond acceptors (Lipinski definition) is 2. The largest absolute Gasteiger partial charge is 0.260 e. The molecule has 0 aromatic rings. The summed E-state index contributed by atoms with van der Waals surface area (Å²) in [5, 5.41) is 8.32. The van der Waals surface area contributed by atoms with Gasteiger partial charge in [-0.2, -0.15) is 9.65 Å². The summed E-state index contributed by atoms with van der Waals surface area (Å²) in [4.78, 5) is 3.24. The smallest absolute Gasteiger partial charge is 0.225 e. The van der Waals surface area contributed by atoms with E-state index in [0.29, 0.717) is 6.42 Å². The third kappa shape index (κ3) is 2.40. The number of nitrogens with zero attached hydrogens (tertiary/aromatic N) is 2. The second kappa shape index (κ2) is 4.68. The molecule has 0 N–H and O–H groups in total. The van der Waals surface area contributed by atoms with Gasteiger partial charge in [0.15, 0.2) is 0 Å². The highest BCUT2D eigenvalue weighted by atomic mass is 19.1. The highest BCUT2D eigenvalue weighted by Crippen LogP contribution is 1.99. The normalized spacial score (nSPS) is 13.0. The van der Waals surface area contributed by atoms with Crippen molar-refractivity contribution in [2.45, 2.75) is 13.3 Å². The van der Waals surface area contributed by atoms with E-state index < -0.39 is 5.97 Å². The summed E-state index contributed by atoms with van der Waals surface area (Å²) < 4.78 is 12.4. The van der Waals surface area contributed by atoms with Gasteiger partial charge in [0.25, 0.3) is 0 Å². The van der Waals surface area contributed by atoms with E-state index in [0.717, 1.165) is 0 Å². The van der Waals surface area contributed by atoms with E-state index in [9.17, 15) is 4.39 Å². The summed E-state index contributed by atoms with van der Waals surface area (Å²) >= 11 is 0. The Morgan fingerprint density at radius 1 is 1.80 bits per heavy atom. The molecule has 0 aliphatic carbocycles. The lowest BCUT2D eigenvalue weighted by Gasteiger charge is -1.88. The molecule has 0 spiro atoms. The summed E-state index contributed by atoms with van der Waals surface area (Å²) in [6.07, 6.45) is 2.15. The average Bonchev–Trinajstić information content (AvgIpc) is 1.99. The molecule has 3 heteroatoms. The molecule has 0 bridgehead atoms. The molecule has 0 radical (unpaired) electrons. The quantitative estimate of drug-likeness (QED) is 0.426. The molecule has 0 aliphatic heterocycles. The van der Waals surface area contributed by atoms with Crippen LogP contribution in [-0.4, -0.2) is 13.0 Å². The second-order valence-corrected chi connectivity index (χ2v) is 1.65. The Balaban J connectivity index is 4.41. The lowest BCUT2D eigenvalue weighted by Crippen LogP contribution is -1.91. The Morgan fingerprint density at radius 3 is 2.70 bits per heavy atom. The van der Waals surface area contributed by atoms with Gasteiger partial charge in [0.1, 0.15) is 11.6 Å². The zero-order valence-corrected chi connectivity index (χ0v) is 6.06. The average molecular weight is 140 g/mol.